The molecule has 1 heterocycles. The lowest BCUT2D eigenvalue weighted by Gasteiger charge is -2.23. The van der Waals surface area contributed by atoms with Crippen LogP contribution < -0.4 is 9.47 Å². The molecule has 30 heavy (non-hydrogen) atoms. The lowest BCUT2D eigenvalue weighted by atomic mass is 10.0. The Kier molecular flexibility index (Phi) is 5.58. The second-order valence-corrected chi connectivity index (χ2v) is 7.61. The molecule has 2 aromatic carbocycles. The van der Waals surface area contributed by atoms with E-state index in [2.05, 4.69) is 4.74 Å². The molecule has 0 N–H and O–H groups in total. The van der Waals surface area contributed by atoms with Crippen molar-refractivity contribution in [1.29, 1.82) is 0 Å². The Morgan fingerprint density at radius 2 is 1.80 bits per heavy atom. The van der Waals surface area contributed by atoms with Crippen molar-refractivity contribution in [3.63, 3.8) is 0 Å². The summed E-state index contributed by atoms with van der Waals surface area (Å²) in [5.41, 5.74) is 2.31. The average molecular weight is 423 g/mol. The van der Waals surface area contributed by atoms with Gasteiger partial charge in [0.15, 0.2) is 0 Å². The second-order valence-electron chi connectivity index (χ2n) is 7.61. The van der Waals surface area contributed by atoms with Crippen molar-refractivity contribution < 1.29 is 31.8 Å². The van der Waals surface area contributed by atoms with E-state index < -0.39 is 12.5 Å². The molecule has 2 unspecified atom stereocenters. The molecule has 4 rings (SSSR count). The van der Waals surface area contributed by atoms with Gasteiger partial charge in [0.05, 0.1) is 6.54 Å². The van der Waals surface area contributed by atoms with Crippen molar-refractivity contribution in [2.75, 3.05) is 13.2 Å². The van der Waals surface area contributed by atoms with E-state index >= 15 is 0 Å². The van der Waals surface area contributed by atoms with Gasteiger partial charge in [-0.3, -0.25) is 4.79 Å². The molecule has 0 radical (unpaired) electrons. The highest BCUT2D eigenvalue weighted by atomic mass is 19.4. The molecule has 160 valence electrons. The maximum Gasteiger partial charge on any atom is 0.573 e. The first kappa shape index (κ1) is 20.5. The molecule has 2 atom stereocenters. The van der Waals surface area contributed by atoms with Crippen molar-refractivity contribution >= 4 is 5.91 Å². The Morgan fingerprint density at radius 1 is 1.07 bits per heavy atom. The number of hydrogen-bond donors (Lipinski definition) is 0. The van der Waals surface area contributed by atoms with Gasteiger partial charge in [0.25, 0.3) is 0 Å². The molecule has 1 fully saturated rings. The zero-order chi connectivity index (χ0) is 21.3. The summed E-state index contributed by atoms with van der Waals surface area (Å²) in [5, 5.41) is 0. The van der Waals surface area contributed by atoms with Crippen molar-refractivity contribution in [3.8, 4) is 22.6 Å². The molecule has 4 nitrogen and oxygen atoms in total. The molecule has 0 saturated heterocycles. The highest BCUT2D eigenvalue weighted by Gasteiger charge is 2.34. The van der Waals surface area contributed by atoms with E-state index in [4.69, 9.17) is 4.74 Å². The summed E-state index contributed by atoms with van der Waals surface area (Å²) in [7, 11) is 0. The molecule has 0 spiro atoms. The van der Waals surface area contributed by atoms with E-state index in [0.29, 0.717) is 43.9 Å². The van der Waals surface area contributed by atoms with E-state index in [-0.39, 0.29) is 24.0 Å². The molecule has 2 aliphatic rings. The normalized spacial score (nSPS) is 21.5. The van der Waals surface area contributed by atoms with Gasteiger partial charge in [-0.05, 0) is 54.7 Å². The Bertz CT molecular complexity index is 914. The predicted octanol–water partition coefficient (Wildman–Crippen LogP) is 5.11. The number of carbonyl (C=O) groups excluding carboxylic acids is 1. The number of carbonyl (C=O) groups is 1. The first-order valence-electron chi connectivity index (χ1n) is 9.83. The van der Waals surface area contributed by atoms with Crippen molar-refractivity contribution in [2.24, 2.45) is 5.92 Å². The fraction of sp³-hybridized carbons (Fsp3) is 0.409. The Hall–Kier alpha value is -2.77. The molecule has 1 amide bonds. The summed E-state index contributed by atoms with van der Waals surface area (Å²) in [4.78, 5) is 14.5. The first-order valence-corrected chi connectivity index (χ1v) is 9.83. The lowest BCUT2D eigenvalue weighted by molar-refractivity contribution is -0.274. The highest BCUT2D eigenvalue weighted by molar-refractivity contribution is 5.79. The highest BCUT2D eigenvalue weighted by Crippen LogP contribution is 2.33. The van der Waals surface area contributed by atoms with Crippen LogP contribution in [0.2, 0.25) is 0 Å². The third-order valence-electron chi connectivity index (χ3n) is 5.49. The van der Waals surface area contributed by atoms with Crippen molar-refractivity contribution in [2.45, 2.75) is 38.3 Å². The van der Waals surface area contributed by atoms with Gasteiger partial charge >= 0.3 is 6.36 Å². The standard InChI is InChI=1S/C22H21F4NO3/c23-18-5-1-16(12-18)21(28)27-9-10-29-20-8-4-15(11-17(20)13-27)14-2-6-19(7-3-14)30-22(24,25)26/h2-4,6-8,11,16,18H,1,5,9-10,12-13H2. The van der Waals surface area contributed by atoms with E-state index in [1.165, 1.54) is 12.1 Å². The van der Waals surface area contributed by atoms with Crippen LogP contribution in [0.25, 0.3) is 11.1 Å². The Labute approximate surface area is 171 Å². The Morgan fingerprint density at radius 3 is 2.47 bits per heavy atom. The SMILES string of the molecule is O=C(C1CCC(F)C1)N1CCOc2ccc(-c3ccc(OC(F)(F)F)cc3)cc2C1. The summed E-state index contributed by atoms with van der Waals surface area (Å²) >= 11 is 0. The molecule has 2 aromatic rings. The molecular formula is C22H21F4NO3. The van der Waals surface area contributed by atoms with Crippen LogP contribution in [-0.2, 0) is 11.3 Å². The molecular weight excluding hydrogens is 402 g/mol. The topological polar surface area (TPSA) is 38.8 Å². The quantitative estimate of drug-likeness (QED) is 0.644. The second kappa shape index (κ2) is 8.16. The molecule has 1 aliphatic carbocycles. The van der Waals surface area contributed by atoms with Gasteiger partial charge in [0.1, 0.15) is 24.3 Å². The smallest absolute Gasteiger partial charge is 0.491 e. The van der Waals surface area contributed by atoms with Crippen LogP contribution in [0.15, 0.2) is 42.5 Å². The van der Waals surface area contributed by atoms with Crippen molar-refractivity contribution in [1.82, 2.24) is 4.90 Å². The van der Waals surface area contributed by atoms with Gasteiger partial charge < -0.3 is 14.4 Å². The third kappa shape index (κ3) is 4.68. The number of alkyl halides is 4. The van der Waals surface area contributed by atoms with Gasteiger partial charge in [-0.2, -0.15) is 0 Å². The minimum Gasteiger partial charge on any atom is -0.491 e. The summed E-state index contributed by atoms with van der Waals surface area (Å²) in [6.07, 6.45) is -4.38. The maximum atomic E-state index is 13.5. The number of fused-ring (bicyclic) bond motifs is 1. The summed E-state index contributed by atoms with van der Waals surface area (Å²) in [6, 6.07) is 11.1. The van der Waals surface area contributed by atoms with Crippen molar-refractivity contribution in [3.05, 3.63) is 48.0 Å². The molecule has 8 heteroatoms. The van der Waals surface area contributed by atoms with Gasteiger partial charge in [-0.15, -0.1) is 13.2 Å². The van der Waals surface area contributed by atoms with Gasteiger partial charge in [0.2, 0.25) is 5.91 Å². The third-order valence-corrected chi connectivity index (χ3v) is 5.49. The first-order chi connectivity index (χ1) is 14.3. The number of hydrogen-bond acceptors (Lipinski definition) is 3. The number of ether oxygens (including phenoxy) is 2. The molecule has 1 saturated carbocycles. The maximum absolute atomic E-state index is 13.5. The van der Waals surface area contributed by atoms with Crippen LogP contribution in [0.3, 0.4) is 0 Å². The monoisotopic (exact) mass is 423 g/mol. The van der Waals surface area contributed by atoms with Crippen LogP contribution in [0.4, 0.5) is 17.6 Å². The van der Waals surface area contributed by atoms with E-state index in [9.17, 15) is 22.4 Å². The van der Waals surface area contributed by atoms with Gasteiger partial charge in [-0.25, -0.2) is 4.39 Å². The van der Waals surface area contributed by atoms with E-state index in [1.807, 2.05) is 12.1 Å². The van der Waals surface area contributed by atoms with Crippen LogP contribution in [0.1, 0.15) is 24.8 Å². The minimum absolute atomic E-state index is 0.0503. The number of nitrogens with zero attached hydrogens (tertiary/aromatic N) is 1. The van der Waals surface area contributed by atoms with Gasteiger partial charge in [0, 0.05) is 18.0 Å². The molecule has 0 bridgehead atoms. The van der Waals surface area contributed by atoms with Gasteiger partial charge in [-0.1, -0.05) is 18.2 Å². The van der Waals surface area contributed by atoms with Crippen LogP contribution in [0.5, 0.6) is 11.5 Å². The van der Waals surface area contributed by atoms with Crippen LogP contribution >= 0.6 is 0 Å². The van der Waals surface area contributed by atoms with Crippen LogP contribution in [0, 0.1) is 5.92 Å². The summed E-state index contributed by atoms with van der Waals surface area (Å²) in [5.74, 6) is 0.0428. The summed E-state index contributed by atoms with van der Waals surface area (Å²) in [6.45, 7) is 1.14. The fourth-order valence-electron chi connectivity index (χ4n) is 4.02. The minimum atomic E-state index is -4.74. The number of benzene rings is 2. The average Bonchev–Trinajstić information content (AvgIpc) is 3.01. The van der Waals surface area contributed by atoms with E-state index in [0.717, 1.165) is 11.1 Å². The Balaban J connectivity index is 1.52. The summed E-state index contributed by atoms with van der Waals surface area (Å²) < 4.78 is 60.2. The lowest BCUT2D eigenvalue weighted by Crippen LogP contribution is -2.36. The zero-order valence-electron chi connectivity index (χ0n) is 16.1. The number of halogens is 4. The molecule has 1 aliphatic heterocycles. The predicted molar refractivity (Wildman–Crippen MR) is 102 cm³/mol. The fourth-order valence-corrected chi connectivity index (χ4v) is 4.02. The molecule has 0 aromatic heterocycles. The number of amides is 1. The number of rotatable bonds is 3. The van der Waals surface area contributed by atoms with E-state index in [1.54, 1.807) is 23.1 Å². The largest absolute Gasteiger partial charge is 0.573 e. The zero-order valence-corrected chi connectivity index (χ0v) is 16.1. The van der Waals surface area contributed by atoms with Crippen LogP contribution in [-0.4, -0.2) is 36.5 Å².